The molecule has 0 heterocycles. The quantitative estimate of drug-likeness (QED) is 0.312. The molecule has 0 fully saturated rings. The average molecular weight is 593 g/mol. The Kier molecular flexibility index (Phi) is 8.40. The molecular weight excluding hydrogens is 551 g/mol. The van der Waals surface area contributed by atoms with Crippen molar-refractivity contribution in [2.45, 2.75) is 68.3 Å². The van der Waals surface area contributed by atoms with E-state index in [2.05, 4.69) is 108 Å². The van der Waals surface area contributed by atoms with Crippen molar-refractivity contribution in [2.24, 2.45) is 5.92 Å². The molecule has 0 bridgehead atoms. The minimum Gasteiger partial charge on any atom is -0.147 e. The number of hydrogen-bond acceptors (Lipinski definition) is 0. The van der Waals surface area contributed by atoms with Crippen molar-refractivity contribution in [1.29, 1.82) is 0 Å². The first-order chi connectivity index (χ1) is 14.8. The molecule has 2 aromatic carbocycles. The van der Waals surface area contributed by atoms with Gasteiger partial charge in [0.05, 0.1) is 0 Å². The first-order valence-corrected chi connectivity index (χ1v) is 25.6. The maximum Gasteiger partial charge on any atom is -0.147 e. The van der Waals surface area contributed by atoms with Crippen molar-refractivity contribution in [3.63, 3.8) is 0 Å². The standard InChI is InChI=1S/C19H19.C9H13.2CH3.2ClH.H2Si.Zr/c1-12-11-19(15(4)14(3)13(12)2)18-10-9-16-7-5-6-8-17(16)18;1-6-5-7(2)9(4)8(6)3;;;;;;/h5-11H,1-4H3;6H,1-4H3;2*1H3;2*1H;1H2;. The Labute approximate surface area is 222 Å². The minimum atomic E-state index is -3.36. The third-order valence-electron chi connectivity index (χ3n) is 9.21. The molecule has 2 atom stereocenters. The van der Waals surface area contributed by atoms with Crippen LogP contribution in [0.2, 0.25) is 9.26 Å². The summed E-state index contributed by atoms with van der Waals surface area (Å²) in [5.74, 6) is 0.586. The monoisotopic (exact) mass is 590 g/mol. The zero-order valence-corrected chi connectivity index (χ0v) is 28.1. The van der Waals surface area contributed by atoms with Gasteiger partial charge in [0.1, 0.15) is 0 Å². The molecule has 34 heavy (non-hydrogen) atoms. The van der Waals surface area contributed by atoms with Crippen LogP contribution in [0, 0.1) is 33.6 Å². The second-order valence-corrected chi connectivity index (χ2v) is 41.2. The van der Waals surface area contributed by atoms with Gasteiger partial charge in [0.2, 0.25) is 0 Å². The molecule has 0 amide bonds. The van der Waals surface area contributed by atoms with Crippen LogP contribution < -0.4 is 0 Å². The molecule has 0 radical (unpaired) electrons. The van der Waals surface area contributed by atoms with Crippen LogP contribution in [0.25, 0.3) is 5.57 Å². The Bertz CT molecular complexity index is 1330. The number of allylic oxidation sites excluding steroid dienone is 5. The van der Waals surface area contributed by atoms with Crippen LogP contribution in [0.5, 0.6) is 0 Å². The summed E-state index contributed by atoms with van der Waals surface area (Å²) < 4.78 is 7.79. The SMILES string of the molecule is CC1=C(C)C(C)[C]([Zr]([CH3])([CH3])(=[SiH2])[CH]2C=C(c3cc(C)c(C)c(C)c3C)c3ccccc32)=C1C.Cl.Cl. The largest absolute Gasteiger partial charge is 0.147 e. The molecule has 2 aliphatic carbocycles. The smallest absolute Gasteiger partial charge is 0.147 e. The van der Waals surface area contributed by atoms with E-state index in [-0.39, 0.29) is 24.8 Å². The zero-order valence-electron chi connectivity index (χ0n) is 22.6. The minimum absolute atomic E-state index is 0. The van der Waals surface area contributed by atoms with Gasteiger partial charge in [-0.2, -0.15) is 0 Å². The molecule has 2 aliphatic rings. The maximum absolute atomic E-state index is 3.36. The number of halogens is 2. The molecule has 4 rings (SSSR count). The Morgan fingerprint density at radius 2 is 1.35 bits per heavy atom. The Morgan fingerprint density at radius 1 is 0.765 bits per heavy atom. The summed E-state index contributed by atoms with van der Waals surface area (Å²) in [4.78, 5) is 0. The second kappa shape index (κ2) is 9.66. The summed E-state index contributed by atoms with van der Waals surface area (Å²) in [6, 6.07) is 11.7. The summed E-state index contributed by atoms with van der Waals surface area (Å²) in [5, 5.41) is 0. The van der Waals surface area contributed by atoms with Gasteiger partial charge in [0, 0.05) is 0 Å². The van der Waals surface area contributed by atoms with E-state index in [0.717, 1.165) is 0 Å². The number of benzene rings is 2. The van der Waals surface area contributed by atoms with Gasteiger partial charge < -0.3 is 0 Å². The van der Waals surface area contributed by atoms with Crippen molar-refractivity contribution in [3.05, 3.63) is 95.4 Å². The van der Waals surface area contributed by atoms with Crippen molar-refractivity contribution >= 4 is 37.3 Å². The van der Waals surface area contributed by atoms with Crippen LogP contribution in [0.1, 0.15) is 70.3 Å². The van der Waals surface area contributed by atoms with Crippen molar-refractivity contribution in [1.82, 2.24) is 0 Å². The van der Waals surface area contributed by atoms with E-state index in [0.29, 0.717) is 9.54 Å². The fourth-order valence-electron chi connectivity index (χ4n) is 6.71. The molecular formula is C30H42Cl2SiZr. The van der Waals surface area contributed by atoms with E-state index in [4.69, 9.17) is 0 Å². The topological polar surface area (TPSA) is 0 Å². The third-order valence-corrected chi connectivity index (χ3v) is 26.5. The van der Waals surface area contributed by atoms with Gasteiger partial charge in [-0.3, -0.25) is 0 Å². The Morgan fingerprint density at radius 3 is 1.91 bits per heavy atom. The fourth-order valence-corrected chi connectivity index (χ4v) is 25.2. The molecule has 184 valence electrons. The molecule has 4 heteroatoms. The first kappa shape index (κ1) is 29.6. The normalized spacial score (nSPS) is 20.1. The van der Waals surface area contributed by atoms with Gasteiger partial charge in [0.25, 0.3) is 0 Å². The van der Waals surface area contributed by atoms with E-state index < -0.39 is 17.4 Å². The molecule has 0 saturated carbocycles. The molecule has 0 spiro atoms. The summed E-state index contributed by atoms with van der Waals surface area (Å²) in [7, 11) is 0. The average Bonchev–Trinajstić information content (AvgIpc) is 3.22. The number of fused-ring (bicyclic) bond motifs is 1. The Balaban J connectivity index is 0.00000204. The zero-order chi connectivity index (χ0) is 23.8. The van der Waals surface area contributed by atoms with Gasteiger partial charge in [-0.25, -0.2) is 0 Å². The van der Waals surface area contributed by atoms with Crippen LogP contribution >= 0.6 is 24.8 Å². The van der Waals surface area contributed by atoms with Crippen LogP contribution in [0.3, 0.4) is 0 Å². The van der Waals surface area contributed by atoms with Crippen molar-refractivity contribution in [3.8, 4) is 0 Å². The number of hydrogen-bond donors (Lipinski definition) is 0. The molecule has 2 unspecified atom stereocenters. The van der Waals surface area contributed by atoms with Crippen molar-refractivity contribution < 1.29 is 17.4 Å². The number of rotatable bonds is 3. The Hall–Kier alpha value is -0.660. The van der Waals surface area contributed by atoms with Gasteiger partial charge in [0.15, 0.2) is 0 Å². The van der Waals surface area contributed by atoms with Gasteiger partial charge in [-0.1, -0.05) is 0 Å². The van der Waals surface area contributed by atoms with Gasteiger partial charge in [-0.05, 0) is 0 Å². The van der Waals surface area contributed by atoms with Gasteiger partial charge >= 0.3 is 199 Å². The predicted octanol–water partition coefficient (Wildman–Crippen LogP) is 8.84. The summed E-state index contributed by atoms with van der Waals surface area (Å²) in [5.41, 5.74) is 16.4. The fraction of sp³-hybridized carbons (Fsp3) is 0.400. The summed E-state index contributed by atoms with van der Waals surface area (Å²) >= 11 is -3.36. The molecule has 2 aromatic rings. The van der Waals surface area contributed by atoms with Crippen LogP contribution in [0.4, 0.5) is 0 Å². The molecule has 0 N–H and O–H groups in total. The first-order valence-electron chi connectivity index (χ1n) is 12.1. The van der Waals surface area contributed by atoms with E-state index in [1.54, 1.807) is 22.3 Å². The second-order valence-electron chi connectivity index (χ2n) is 11.6. The van der Waals surface area contributed by atoms with E-state index >= 15 is 0 Å². The number of aryl methyl sites for hydroxylation is 1. The molecule has 0 aromatic heterocycles. The van der Waals surface area contributed by atoms with Gasteiger partial charge in [-0.15, -0.1) is 24.8 Å². The van der Waals surface area contributed by atoms with Crippen LogP contribution in [-0.4, -0.2) is 6.88 Å². The molecule has 0 aliphatic heterocycles. The molecule has 0 nitrogen and oxygen atoms in total. The predicted molar refractivity (Wildman–Crippen MR) is 157 cm³/mol. The van der Waals surface area contributed by atoms with E-state index in [1.807, 2.05) is 3.28 Å². The molecule has 0 saturated heterocycles. The third kappa shape index (κ3) is 4.26. The van der Waals surface area contributed by atoms with Crippen LogP contribution in [0.15, 0.2) is 56.4 Å². The summed E-state index contributed by atoms with van der Waals surface area (Å²) in [6.45, 7) is 21.1. The van der Waals surface area contributed by atoms with Crippen molar-refractivity contribution in [2.75, 3.05) is 0 Å². The van der Waals surface area contributed by atoms with E-state index in [9.17, 15) is 0 Å². The maximum atomic E-state index is 2.71. The summed E-state index contributed by atoms with van der Waals surface area (Å²) in [6.07, 6.45) is 2.69. The van der Waals surface area contributed by atoms with Crippen LogP contribution in [-0.2, 0) is 17.4 Å². The van der Waals surface area contributed by atoms with E-state index in [1.165, 1.54) is 39.0 Å².